The zero-order chi connectivity index (χ0) is 21.9. The largest absolute Gasteiger partial charge is 0.494 e. The van der Waals surface area contributed by atoms with E-state index < -0.39 is 0 Å². The number of hydrogen-bond acceptors (Lipinski definition) is 5. The average Bonchev–Trinajstić information content (AvgIpc) is 3.27. The van der Waals surface area contributed by atoms with Crippen molar-refractivity contribution in [2.24, 2.45) is 9.98 Å². The molecule has 156 valence electrons. The molecule has 0 saturated carbocycles. The smallest absolute Gasteiger partial charge is 0.201 e. The summed E-state index contributed by atoms with van der Waals surface area (Å²) in [6.07, 6.45) is 0.866. The first-order valence-corrected chi connectivity index (χ1v) is 10.6. The third-order valence-corrected chi connectivity index (χ3v) is 6.21. The molecular weight excluding hydrogens is 388 g/mol. The number of nitrogens with zero attached hydrogens (tertiary/aromatic N) is 4. The molecule has 3 heterocycles. The molecular formula is C25H24N4O2. The molecule has 0 amide bonds. The SMILES string of the molecule is CCOc1cc2c3c(c1)c(C(C#N)=C1N=c4ccccc4=N1)c(O)n3C(C)(C)CC2C. The summed E-state index contributed by atoms with van der Waals surface area (Å²) in [5.41, 5.74) is 2.50. The molecule has 2 aliphatic heterocycles. The molecule has 0 saturated heterocycles. The zero-order valence-electron chi connectivity index (χ0n) is 18.1. The van der Waals surface area contributed by atoms with Crippen LogP contribution >= 0.6 is 0 Å². The van der Waals surface area contributed by atoms with E-state index in [0.717, 1.165) is 39.4 Å². The highest BCUT2D eigenvalue weighted by Crippen LogP contribution is 2.50. The van der Waals surface area contributed by atoms with Crippen molar-refractivity contribution in [1.82, 2.24) is 4.57 Å². The van der Waals surface area contributed by atoms with Crippen molar-refractivity contribution in [2.45, 2.75) is 45.6 Å². The summed E-state index contributed by atoms with van der Waals surface area (Å²) in [5.74, 6) is 1.43. The van der Waals surface area contributed by atoms with Crippen LogP contribution in [-0.4, -0.2) is 16.3 Å². The Labute approximate surface area is 180 Å². The van der Waals surface area contributed by atoms with E-state index in [0.29, 0.717) is 18.0 Å². The van der Waals surface area contributed by atoms with Gasteiger partial charge in [0.05, 0.1) is 28.4 Å². The lowest BCUT2D eigenvalue weighted by atomic mass is 9.82. The summed E-state index contributed by atoms with van der Waals surface area (Å²) >= 11 is 0. The second kappa shape index (κ2) is 6.71. The lowest BCUT2D eigenvalue weighted by Gasteiger charge is -2.37. The Morgan fingerprint density at radius 3 is 2.55 bits per heavy atom. The fourth-order valence-corrected chi connectivity index (χ4v) is 5.06. The molecule has 1 aromatic heterocycles. The third kappa shape index (κ3) is 2.77. The maximum Gasteiger partial charge on any atom is 0.201 e. The average molecular weight is 412 g/mol. The van der Waals surface area contributed by atoms with E-state index in [2.05, 4.69) is 42.9 Å². The van der Waals surface area contributed by atoms with Crippen LogP contribution < -0.4 is 15.5 Å². The van der Waals surface area contributed by atoms with Gasteiger partial charge in [-0.1, -0.05) is 19.1 Å². The summed E-state index contributed by atoms with van der Waals surface area (Å²) in [5, 5.41) is 23.8. The lowest BCUT2D eigenvalue weighted by Crippen LogP contribution is -2.31. The zero-order valence-corrected chi connectivity index (χ0v) is 18.1. The molecule has 2 aliphatic rings. The van der Waals surface area contributed by atoms with Crippen LogP contribution in [0.1, 0.15) is 51.2 Å². The van der Waals surface area contributed by atoms with E-state index in [1.54, 1.807) is 0 Å². The van der Waals surface area contributed by atoms with E-state index in [9.17, 15) is 10.4 Å². The van der Waals surface area contributed by atoms with Crippen molar-refractivity contribution in [1.29, 1.82) is 5.26 Å². The second-order valence-electron chi connectivity index (χ2n) is 8.82. The minimum Gasteiger partial charge on any atom is -0.494 e. The molecule has 1 atom stereocenters. The maximum atomic E-state index is 11.4. The highest BCUT2D eigenvalue weighted by Gasteiger charge is 2.38. The Bertz CT molecular complexity index is 1400. The van der Waals surface area contributed by atoms with Crippen molar-refractivity contribution in [2.75, 3.05) is 6.61 Å². The Kier molecular flexibility index (Phi) is 4.19. The van der Waals surface area contributed by atoms with Gasteiger partial charge in [-0.05, 0) is 62.9 Å². The number of ether oxygens (including phenoxy) is 1. The molecule has 0 bridgehead atoms. The maximum absolute atomic E-state index is 11.4. The number of nitriles is 1. The molecule has 1 N–H and O–H groups in total. The summed E-state index contributed by atoms with van der Waals surface area (Å²) in [7, 11) is 0. The predicted molar refractivity (Wildman–Crippen MR) is 118 cm³/mol. The van der Waals surface area contributed by atoms with Gasteiger partial charge in [0.1, 0.15) is 17.4 Å². The Morgan fingerprint density at radius 1 is 1.26 bits per heavy atom. The van der Waals surface area contributed by atoms with Crippen molar-refractivity contribution in [3.63, 3.8) is 0 Å². The first kappa shape index (κ1) is 19.4. The molecule has 0 radical (unpaired) electrons. The van der Waals surface area contributed by atoms with E-state index in [4.69, 9.17) is 4.74 Å². The van der Waals surface area contributed by atoms with Crippen LogP contribution in [0, 0.1) is 11.3 Å². The molecule has 0 fully saturated rings. The number of fused-ring (bicyclic) bond motifs is 1. The first-order valence-electron chi connectivity index (χ1n) is 10.6. The van der Waals surface area contributed by atoms with Gasteiger partial charge in [-0.25, -0.2) is 9.98 Å². The highest BCUT2D eigenvalue weighted by atomic mass is 16.5. The standard InChI is InChI=1S/C25H24N4O2/c1-5-31-15-10-16-14(2)12-25(3,4)29-22(16)17(11-15)21(24(29)30)18(13-26)23-27-19-8-6-7-9-20(19)28-23/h6-11,14,30H,5,12H2,1-4H3. The number of aromatic nitrogens is 1. The molecule has 31 heavy (non-hydrogen) atoms. The molecule has 6 heteroatoms. The number of aromatic hydroxyl groups is 1. The number of allylic oxidation sites excluding steroid dienone is 1. The van der Waals surface area contributed by atoms with Crippen LogP contribution in [-0.2, 0) is 5.54 Å². The van der Waals surface area contributed by atoms with Crippen LogP contribution in [0.3, 0.4) is 0 Å². The van der Waals surface area contributed by atoms with Crippen molar-refractivity contribution >= 4 is 16.5 Å². The third-order valence-electron chi connectivity index (χ3n) is 6.21. The van der Waals surface area contributed by atoms with E-state index in [-0.39, 0.29) is 22.9 Å². The molecule has 6 nitrogen and oxygen atoms in total. The van der Waals surface area contributed by atoms with E-state index >= 15 is 0 Å². The fraction of sp³-hybridized carbons (Fsp3) is 0.320. The van der Waals surface area contributed by atoms with Crippen molar-refractivity contribution in [3.8, 4) is 17.7 Å². The highest BCUT2D eigenvalue weighted by molar-refractivity contribution is 6.02. The summed E-state index contributed by atoms with van der Waals surface area (Å²) < 4.78 is 7.80. The van der Waals surface area contributed by atoms with Crippen LogP contribution in [0.25, 0.3) is 16.5 Å². The quantitative estimate of drug-likeness (QED) is 0.657. The van der Waals surface area contributed by atoms with Crippen molar-refractivity contribution in [3.05, 3.63) is 64.1 Å². The molecule has 1 unspecified atom stereocenters. The number of rotatable bonds is 3. The van der Waals surface area contributed by atoms with Crippen LogP contribution in [0.5, 0.6) is 11.6 Å². The van der Waals surface area contributed by atoms with Gasteiger partial charge in [0.25, 0.3) is 0 Å². The van der Waals surface area contributed by atoms with Crippen molar-refractivity contribution < 1.29 is 9.84 Å². The number of benzene rings is 2. The van der Waals surface area contributed by atoms with Gasteiger partial charge >= 0.3 is 0 Å². The van der Waals surface area contributed by atoms with Gasteiger partial charge in [-0.2, -0.15) is 5.26 Å². The number of hydrogen-bond donors (Lipinski definition) is 1. The van der Waals surface area contributed by atoms with Crippen LogP contribution in [0.4, 0.5) is 0 Å². The molecule has 2 aromatic carbocycles. The predicted octanol–water partition coefficient (Wildman–Crippen LogP) is 4.13. The molecule has 0 spiro atoms. The topological polar surface area (TPSA) is 82.9 Å². The Morgan fingerprint density at radius 2 is 1.94 bits per heavy atom. The summed E-state index contributed by atoms with van der Waals surface area (Å²) in [4.78, 5) is 9.14. The van der Waals surface area contributed by atoms with Gasteiger partial charge < -0.3 is 14.4 Å². The van der Waals surface area contributed by atoms with Gasteiger partial charge in [-0.3, -0.25) is 0 Å². The van der Waals surface area contributed by atoms with Gasteiger partial charge in [0, 0.05) is 10.9 Å². The first-order chi connectivity index (χ1) is 14.9. The van der Waals surface area contributed by atoms with Crippen LogP contribution in [0.2, 0.25) is 0 Å². The minimum absolute atomic E-state index is 0.0761. The Hall–Kier alpha value is -3.59. The van der Waals surface area contributed by atoms with Crippen LogP contribution in [0.15, 0.2) is 52.2 Å². The van der Waals surface area contributed by atoms with Gasteiger partial charge in [0.2, 0.25) is 5.88 Å². The normalized spacial score (nSPS) is 18.2. The molecule has 0 aliphatic carbocycles. The molecule has 5 rings (SSSR count). The van der Waals surface area contributed by atoms with Gasteiger partial charge in [-0.15, -0.1) is 0 Å². The summed E-state index contributed by atoms with van der Waals surface area (Å²) in [6.45, 7) is 8.92. The second-order valence-corrected chi connectivity index (χ2v) is 8.82. The van der Waals surface area contributed by atoms with Gasteiger partial charge in [0.15, 0.2) is 5.82 Å². The number of para-hydroxylation sites is 2. The van der Waals surface area contributed by atoms with E-state index in [1.165, 1.54) is 0 Å². The summed E-state index contributed by atoms with van der Waals surface area (Å²) in [6, 6.07) is 13.8. The Balaban J connectivity index is 1.90. The monoisotopic (exact) mass is 412 g/mol. The molecule has 3 aromatic rings. The minimum atomic E-state index is -0.307. The van der Waals surface area contributed by atoms with E-state index in [1.807, 2.05) is 41.8 Å². The lowest BCUT2D eigenvalue weighted by molar-refractivity contribution is 0.266. The fourth-order valence-electron chi connectivity index (χ4n) is 5.06.